The summed E-state index contributed by atoms with van der Waals surface area (Å²) in [6.07, 6.45) is 5.15. The molecule has 0 amide bonds. The van der Waals surface area contributed by atoms with Crippen LogP contribution in [0.5, 0.6) is 0 Å². The number of aliphatic hydroxyl groups excluding tert-OH is 1. The lowest BCUT2D eigenvalue weighted by atomic mass is 9.75. The molecule has 0 aromatic rings. The van der Waals surface area contributed by atoms with Crippen LogP contribution >= 0.6 is 0 Å². The largest absolute Gasteiger partial charge is 0.395 e. The molecular formula is C8H17NO. The van der Waals surface area contributed by atoms with Crippen LogP contribution in [0.2, 0.25) is 0 Å². The van der Waals surface area contributed by atoms with E-state index in [9.17, 15) is 0 Å². The predicted octanol–water partition coefficient (Wildman–Crippen LogP) is 0.901. The van der Waals surface area contributed by atoms with Crippen molar-refractivity contribution in [1.82, 2.24) is 5.32 Å². The highest BCUT2D eigenvalue weighted by Crippen LogP contribution is 2.34. The molecule has 0 heterocycles. The molecule has 0 bridgehead atoms. The number of hydrogen-bond acceptors (Lipinski definition) is 2. The predicted molar refractivity (Wildman–Crippen MR) is 42.0 cm³/mol. The minimum absolute atomic E-state index is 0.266. The van der Waals surface area contributed by atoms with Gasteiger partial charge in [-0.3, -0.25) is 0 Å². The van der Waals surface area contributed by atoms with E-state index in [1.807, 2.05) is 0 Å². The Morgan fingerprint density at radius 2 is 2.20 bits per heavy atom. The van der Waals surface area contributed by atoms with Gasteiger partial charge < -0.3 is 10.4 Å². The third-order valence-corrected chi connectivity index (χ3v) is 2.60. The fourth-order valence-corrected chi connectivity index (χ4v) is 1.58. The van der Waals surface area contributed by atoms with Crippen molar-refractivity contribution >= 4 is 0 Å². The molecule has 0 radical (unpaired) electrons. The van der Waals surface area contributed by atoms with Gasteiger partial charge in [0.15, 0.2) is 0 Å². The molecule has 0 spiro atoms. The molecule has 1 aliphatic rings. The van der Waals surface area contributed by atoms with E-state index >= 15 is 0 Å². The lowest BCUT2D eigenvalue weighted by molar-refractivity contribution is 0.161. The van der Waals surface area contributed by atoms with Gasteiger partial charge in [0.2, 0.25) is 0 Å². The van der Waals surface area contributed by atoms with Crippen LogP contribution in [-0.2, 0) is 0 Å². The maximum absolute atomic E-state index is 8.58. The van der Waals surface area contributed by atoms with E-state index in [4.69, 9.17) is 5.11 Å². The van der Waals surface area contributed by atoms with Gasteiger partial charge in [-0.05, 0) is 25.7 Å². The summed E-state index contributed by atoms with van der Waals surface area (Å²) in [5.41, 5.74) is 0.405. The Morgan fingerprint density at radius 3 is 2.50 bits per heavy atom. The molecule has 0 aliphatic heterocycles. The van der Waals surface area contributed by atoms with Crippen molar-refractivity contribution in [2.45, 2.75) is 38.1 Å². The maximum Gasteiger partial charge on any atom is 0.0556 e. The summed E-state index contributed by atoms with van der Waals surface area (Å²) in [6, 6.07) is 0. The molecule has 2 nitrogen and oxygen atoms in total. The standard InChI is InChI=1S/C8H17NO/c1-2-8(4-3-5-8)9-6-7-10/h9-10H,2-7H2,1H3. The lowest BCUT2D eigenvalue weighted by Gasteiger charge is -2.42. The van der Waals surface area contributed by atoms with Gasteiger partial charge in [-0.1, -0.05) is 6.92 Å². The second-order valence-electron chi connectivity index (χ2n) is 3.14. The van der Waals surface area contributed by atoms with Gasteiger partial charge in [0.25, 0.3) is 0 Å². The van der Waals surface area contributed by atoms with Gasteiger partial charge in [0, 0.05) is 12.1 Å². The molecule has 10 heavy (non-hydrogen) atoms. The van der Waals surface area contributed by atoms with Gasteiger partial charge >= 0.3 is 0 Å². The van der Waals surface area contributed by atoms with Crippen molar-refractivity contribution in [1.29, 1.82) is 0 Å². The second kappa shape index (κ2) is 3.35. The summed E-state index contributed by atoms with van der Waals surface area (Å²) in [6.45, 7) is 3.24. The zero-order valence-corrected chi connectivity index (χ0v) is 6.69. The zero-order valence-electron chi connectivity index (χ0n) is 6.69. The van der Waals surface area contributed by atoms with E-state index in [1.54, 1.807) is 0 Å². The molecule has 0 saturated heterocycles. The van der Waals surface area contributed by atoms with E-state index in [1.165, 1.54) is 25.7 Å². The topological polar surface area (TPSA) is 32.3 Å². The van der Waals surface area contributed by atoms with Crippen LogP contribution in [0.25, 0.3) is 0 Å². The van der Waals surface area contributed by atoms with Crippen LogP contribution in [0.4, 0.5) is 0 Å². The van der Waals surface area contributed by atoms with Crippen molar-refractivity contribution < 1.29 is 5.11 Å². The summed E-state index contributed by atoms with van der Waals surface area (Å²) in [5.74, 6) is 0. The summed E-state index contributed by atoms with van der Waals surface area (Å²) < 4.78 is 0. The van der Waals surface area contributed by atoms with E-state index in [2.05, 4.69) is 12.2 Å². The summed E-state index contributed by atoms with van der Waals surface area (Å²) in [5, 5.41) is 12.0. The fraction of sp³-hybridized carbons (Fsp3) is 1.00. The monoisotopic (exact) mass is 143 g/mol. The first kappa shape index (κ1) is 8.02. The van der Waals surface area contributed by atoms with Crippen LogP contribution in [0.1, 0.15) is 32.6 Å². The first-order valence-electron chi connectivity index (χ1n) is 4.19. The highest BCUT2D eigenvalue weighted by atomic mass is 16.3. The Hall–Kier alpha value is -0.0800. The minimum Gasteiger partial charge on any atom is -0.395 e. The third-order valence-electron chi connectivity index (χ3n) is 2.60. The molecule has 0 unspecified atom stereocenters. The molecule has 1 aliphatic carbocycles. The molecule has 0 atom stereocenters. The maximum atomic E-state index is 8.58. The van der Waals surface area contributed by atoms with Gasteiger partial charge in [-0.2, -0.15) is 0 Å². The van der Waals surface area contributed by atoms with Gasteiger partial charge in [0.05, 0.1) is 6.61 Å². The molecular weight excluding hydrogens is 126 g/mol. The average molecular weight is 143 g/mol. The molecule has 2 N–H and O–H groups in total. The SMILES string of the molecule is CCC1(NCCO)CCC1. The third kappa shape index (κ3) is 1.50. The van der Waals surface area contributed by atoms with Crippen molar-refractivity contribution in [2.75, 3.05) is 13.2 Å². The van der Waals surface area contributed by atoms with E-state index in [0.717, 1.165) is 6.54 Å². The normalized spacial score (nSPS) is 22.2. The molecule has 0 aromatic carbocycles. The summed E-state index contributed by atoms with van der Waals surface area (Å²) >= 11 is 0. The van der Waals surface area contributed by atoms with Crippen LogP contribution < -0.4 is 5.32 Å². The van der Waals surface area contributed by atoms with Gasteiger partial charge in [-0.15, -0.1) is 0 Å². The molecule has 0 aromatic heterocycles. The smallest absolute Gasteiger partial charge is 0.0556 e. The number of hydrogen-bond donors (Lipinski definition) is 2. The highest BCUT2D eigenvalue weighted by Gasteiger charge is 2.33. The number of aliphatic hydroxyl groups is 1. The quantitative estimate of drug-likeness (QED) is 0.613. The number of rotatable bonds is 4. The van der Waals surface area contributed by atoms with E-state index < -0.39 is 0 Å². The van der Waals surface area contributed by atoms with Crippen LogP contribution in [0.15, 0.2) is 0 Å². The van der Waals surface area contributed by atoms with Crippen LogP contribution in [0, 0.1) is 0 Å². The lowest BCUT2D eigenvalue weighted by Crippen LogP contribution is -2.51. The molecule has 60 valence electrons. The summed E-state index contributed by atoms with van der Waals surface area (Å²) in [4.78, 5) is 0. The Balaban J connectivity index is 2.20. The Bertz CT molecular complexity index is 93.9. The van der Waals surface area contributed by atoms with Gasteiger partial charge in [0.1, 0.15) is 0 Å². The minimum atomic E-state index is 0.266. The zero-order chi connectivity index (χ0) is 7.45. The number of nitrogens with one attached hydrogen (secondary N) is 1. The van der Waals surface area contributed by atoms with E-state index in [-0.39, 0.29) is 6.61 Å². The fourth-order valence-electron chi connectivity index (χ4n) is 1.58. The average Bonchev–Trinajstić information content (AvgIpc) is 1.87. The van der Waals surface area contributed by atoms with Crippen LogP contribution in [0.3, 0.4) is 0 Å². The Kier molecular flexibility index (Phi) is 2.69. The number of β-amino-alcohol motifs (C(OH)–C–C–N with tert-alkyl or cyclic N) is 1. The van der Waals surface area contributed by atoms with Crippen molar-refractivity contribution in [3.63, 3.8) is 0 Å². The molecule has 1 rings (SSSR count). The van der Waals surface area contributed by atoms with Gasteiger partial charge in [-0.25, -0.2) is 0 Å². The van der Waals surface area contributed by atoms with Crippen molar-refractivity contribution in [2.24, 2.45) is 0 Å². The van der Waals surface area contributed by atoms with Crippen molar-refractivity contribution in [3.8, 4) is 0 Å². The summed E-state index contributed by atoms with van der Waals surface area (Å²) in [7, 11) is 0. The Morgan fingerprint density at radius 1 is 1.50 bits per heavy atom. The molecule has 1 fully saturated rings. The molecule has 1 saturated carbocycles. The second-order valence-corrected chi connectivity index (χ2v) is 3.14. The van der Waals surface area contributed by atoms with E-state index in [0.29, 0.717) is 5.54 Å². The van der Waals surface area contributed by atoms with Crippen molar-refractivity contribution in [3.05, 3.63) is 0 Å². The molecule has 2 heteroatoms. The Labute approximate surface area is 62.6 Å². The van der Waals surface area contributed by atoms with Crippen LogP contribution in [-0.4, -0.2) is 23.8 Å². The first-order chi connectivity index (χ1) is 4.83. The highest BCUT2D eigenvalue weighted by molar-refractivity contribution is 4.94. The first-order valence-corrected chi connectivity index (χ1v) is 4.19.